The number of hydrogen-bond donors (Lipinski definition) is 3. The minimum Gasteiger partial charge on any atom is -0.444 e. The molecule has 2 fully saturated rings. The molecule has 2 aliphatic rings. The molecule has 3 amide bonds. The van der Waals surface area contributed by atoms with E-state index in [1.165, 1.54) is 11.3 Å². The summed E-state index contributed by atoms with van der Waals surface area (Å²) in [6.07, 6.45) is 0.331. The molecular weight excluding hydrogens is 480 g/mol. The fraction of sp³-hybridized carbons (Fsp3) is 0.462. The molecule has 0 radical (unpaired) electrons. The zero-order valence-corrected chi connectivity index (χ0v) is 21.7. The van der Waals surface area contributed by atoms with Gasteiger partial charge in [0.25, 0.3) is 0 Å². The molecule has 2 heterocycles. The van der Waals surface area contributed by atoms with Crippen LogP contribution in [0.1, 0.15) is 56.5 Å². The van der Waals surface area contributed by atoms with Crippen molar-refractivity contribution in [1.82, 2.24) is 15.5 Å². The number of fused-ring (bicyclic) bond motifs is 1. The smallest absolute Gasteiger partial charge is 0.413 e. The van der Waals surface area contributed by atoms with E-state index in [2.05, 4.69) is 17.6 Å². The van der Waals surface area contributed by atoms with Crippen LogP contribution in [-0.2, 0) is 27.4 Å². The first-order valence-corrected chi connectivity index (χ1v) is 12.8. The summed E-state index contributed by atoms with van der Waals surface area (Å²) in [5.74, 6) is -0.302. The summed E-state index contributed by atoms with van der Waals surface area (Å²) in [4.78, 5) is 40.2. The number of ether oxygens (including phenoxy) is 2. The Morgan fingerprint density at radius 3 is 2.61 bits per heavy atom. The molecule has 3 atom stereocenters. The van der Waals surface area contributed by atoms with Gasteiger partial charge in [0.15, 0.2) is 0 Å². The molecule has 0 spiro atoms. The second-order valence-corrected chi connectivity index (χ2v) is 11.6. The Morgan fingerprint density at radius 1 is 1.19 bits per heavy atom. The summed E-state index contributed by atoms with van der Waals surface area (Å²) >= 11 is 1.37. The molecule has 1 aromatic heterocycles. The summed E-state index contributed by atoms with van der Waals surface area (Å²) in [5, 5.41) is 15.2. The van der Waals surface area contributed by atoms with Crippen LogP contribution in [0.25, 0.3) is 0 Å². The van der Waals surface area contributed by atoms with E-state index < -0.39 is 23.8 Å². The number of hydrogen-bond acceptors (Lipinski definition) is 7. The summed E-state index contributed by atoms with van der Waals surface area (Å²) in [6.45, 7) is 7.90. The lowest BCUT2D eigenvalue weighted by molar-refractivity contribution is -0.126. The molecule has 1 saturated carbocycles. The monoisotopic (exact) mass is 512 g/mol. The van der Waals surface area contributed by atoms with Crippen molar-refractivity contribution >= 4 is 35.3 Å². The number of carbonyl (C=O) groups is 3. The second kappa shape index (κ2) is 9.93. The van der Waals surface area contributed by atoms with E-state index in [4.69, 9.17) is 14.9 Å². The number of thiophene rings is 1. The number of likely N-dealkylation sites (tertiary alicyclic amines) is 1. The highest BCUT2D eigenvalue weighted by Gasteiger charge is 2.65. The number of rotatable bonds is 6. The van der Waals surface area contributed by atoms with Gasteiger partial charge < -0.3 is 14.8 Å². The van der Waals surface area contributed by atoms with Gasteiger partial charge >= 0.3 is 12.2 Å². The standard InChI is InChI=1S/C26H32N4O5S/c1-25(2,3)35-24(33)30-19(11-26(4)12-20(26)30)22(31)28-13-18-10-17(15-36-18)21(27)29-23(32)34-14-16-8-6-5-7-9-16/h5-10,15,19-20H,11-14H2,1-4H3,(H,28,31)(H2,27,29,32)/t19-,20-,26+/m0/s1. The van der Waals surface area contributed by atoms with Crippen LogP contribution in [0.15, 0.2) is 41.8 Å². The lowest BCUT2D eigenvalue weighted by atomic mass is 10.0. The van der Waals surface area contributed by atoms with Crippen LogP contribution >= 0.6 is 11.3 Å². The Bertz CT molecular complexity index is 1160. The highest BCUT2D eigenvalue weighted by Crippen LogP contribution is 2.59. The molecule has 0 bridgehead atoms. The Hall–Kier alpha value is -3.40. The zero-order chi connectivity index (χ0) is 26.1. The Balaban J connectivity index is 1.28. The largest absolute Gasteiger partial charge is 0.444 e. The molecule has 9 nitrogen and oxygen atoms in total. The summed E-state index contributed by atoms with van der Waals surface area (Å²) in [7, 11) is 0. The minimum atomic E-state index is -0.708. The summed E-state index contributed by atoms with van der Waals surface area (Å²) in [6, 6.07) is 10.5. The van der Waals surface area contributed by atoms with Gasteiger partial charge in [-0.25, -0.2) is 9.59 Å². The fourth-order valence-electron chi connectivity index (χ4n) is 4.41. The van der Waals surface area contributed by atoms with E-state index in [0.29, 0.717) is 12.0 Å². The maximum Gasteiger partial charge on any atom is 0.413 e. The second-order valence-electron chi connectivity index (χ2n) is 10.6. The number of alkyl carbamates (subject to hydrolysis) is 1. The Kier molecular flexibility index (Phi) is 7.08. The molecule has 1 aliphatic heterocycles. The predicted molar refractivity (Wildman–Crippen MR) is 136 cm³/mol. The molecule has 1 aromatic carbocycles. The number of amides is 3. The highest BCUT2D eigenvalue weighted by molar-refractivity contribution is 7.10. The van der Waals surface area contributed by atoms with E-state index in [0.717, 1.165) is 16.9 Å². The van der Waals surface area contributed by atoms with Crippen molar-refractivity contribution in [2.75, 3.05) is 0 Å². The van der Waals surface area contributed by atoms with Crippen molar-refractivity contribution in [2.45, 2.75) is 71.4 Å². The van der Waals surface area contributed by atoms with Crippen molar-refractivity contribution in [3.8, 4) is 0 Å². The van der Waals surface area contributed by atoms with Gasteiger partial charge in [-0.15, -0.1) is 11.3 Å². The first-order valence-electron chi connectivity index (χ1n) is 11.9. The van der Waals surface area contributed by atoms with Gasteiger partial charge in [0.2, 0.25) is 5.91 Å². The van der Waals surface area contributed by atoms with Crippen LogP contribution in [0.4, 0.5) is 9.59 Å². The molecule has 1 saturated heterocycles. The first-order chi connectivity index (χ1) is 16.9. The van der Waals surface area contributed by atoms with Crippen molar-refractivity contribution in [3.05, 3.63) is 57.8 Å². The topological polar surface area (TPSA) is 121 Å². The predicted octanol–water partition coefficient (Wildman–Crippen LogP) is 4.40. The summed E-state index contributed by atoms with van der Waals surface area (Å²) < 4.78 is 10.7. The summed E-state index contributed by atoms with van der Waals surface area (Å²) in [5.41, 5.74) is 0.703. The molecular formula is C26H32N4O5S. The molecule has 10 heteroatoms. The zero-order valence-electron chi connectivity index (χ0n) is 20.9. The van der Waals surface area contributed by atoms with Gasteiger partial charge in [-0.2, -0.15) is 0 Å². The van der Waals surface area contributed by atoms with Gasteiger partial charge in [0, 0.05) is 21.9 Å². The van der Waals surface area contributed by atoms with E-state index >= 15 is 0 Å². The van der Waals surface area contributed by atoms with Crippen molar-refractivity contribution < 1.29 is 23.9 Å². The highest BCUT2D eigenvalue weighted by atomic mass is 32.1. The Labute approximate surface area is 214 Å². The molecule has 4 rings (SSSR count). The number of piperidine rings is 1. The van der Waals surface area contributed by atoms with Crippen LogP contribution in [0.3, 0.4) is 0 Å². The number of nitrogens with one attached hydrogen (secondary N) is 3. The number of amidine groups is 1. The van der Waals surface area contributed by atoms with Gasteiger partial charge in [0.1, 0.15) is 24.1 Å². The Morgan fingerprint density at radius 2 is 1.92 bits per heavy atom. The first kappa shape index (κ1) is 25.7. The number of carbonyl (C=O) groups excluding carboxylic acids is 3. The average Bonchev–Trinajstić information content (AvgIpc) is 3.14. The van der Waals surface area contributed by atoms with Crippen LogP contribution in [0.2, 0.25) is 0 Å². The third-order valence-electron chi connectivity index (χ3n) is 6.36. The van der Waals surface area contributed by atoms with E-state index in [1.807, 2.05) is 51.1 Å². The fourth-order valence-corrected chi connectivity index (χ4v) is 5.23. The lowest BCUT2D eigenvalue weighted by Crippen LogP contribution is -2.49. The third kappa shape index (κ3) is 6.04. The number of nitrogens with zero attached hydrogens (tertiary/aromatic N) is 1. The van der Waals surface area contributed by atoms with Gasteiger partial charge in [-0.05, 0) is 50.7 Å². The SMILES string of the molecule is CC(C)(C)OC(=O)N1[C@H]2C[C@@]2(C)C[C@H]1C(=O)NCc1cc(C(=N)NC(=O)OCc2ccccc2)cs1. The van der Waals surface area contributed by atoms with Crippen LogP contribution in [-0.4, -0.2) is 46.5 Å². The van der Waals surface area contributed by atoms with Crippen molar-refractivity contribution in [1.29, 1.82) is 5.41 Å². The maximum absolute atomic E-state index is 13.0. The van der Waals surface area contributed by atoms with Crippen molar-refractivity contribution in [2.24, 2.45) is 5.41 Å². The maximum atomic E-state index is 13.0. The van der Waals surface area contributed by atoms with Crippen molar-refractivity contribution in [3.63, 3.8) is 0 Å². The van der Waals surface area contributed by atoms with E-state index in [-0.39, 0.29) is 36.4 Å². The molecule has 0 unspecified atom stereocenters. The van der Waals surface area contributed by atoms with Crippen LogP contribution in [0.5, 0.6) is 0 Å². The average molecular weight is 513 g/mol. The van der Waals surface area contributed by atoms with Crippen LogP contribution in [0, 0.1) is 10.8 Å². The van der Waals surface area contributed by atoms with Gasteiger partial charge in [0.05, 0.1) is 6.54 Å². The van der Waals surface area contributed by atoms with E-state index in [9.17, 15) is 14.4 Å². The molecule has 2 aromatic rings. The quantitative estimate of drug-likeness (QED) is 0.391. The number of benzene rings is 1. The van der Waals surface area contributed by atoms with Gasteiger partial charge in [-0.3, -0.25) is 20.4 Å². The van der Waals surface area contributed by atoms with E-state index in [1.54, 1.807) is 16.3 Å². The molecule has 36 heavy (non-hydrogen) atoms. The minimum absolute atomic E-state index is 0.0321. The molecule has 192 valence electrons. The lowest BCUT2D eigenvalue weighted by Gasteiger charge is -2.29. The van der Waals surface area contributed by atoms with Crippen LogP contribution < -0.4 is 10.6 Å². The third-order valence-corrected chi connectivity index (χ3v) is 7.30. The molecule has 1 aliphatic carbocycles. The normalized spacial score (nSPS) is 22.4. The van der Waals surface area contributed by atoms with Gasteiger partial charge in [-0.1, -0.05) is 37.3 Å². The molecule has 3 N–H and O–H groups in total.